The SMILES string of the molecule is Cn1nccc1-c1cccc(C2=CC(=O)Nc3cc(C(F)(F)F)c(N4CCOCC4)cc3N2)c1. The maximum absolute atomic E-state index is 13.9. The lowest BCUT2D eigenvalue weighted by molar-refractivity contribution is -0.137. The molecule has 1 fully saturated rings. The molecule has 10 heteroatoms. The first kappa shape index (κ1) is 22.0. The average molecular weight is 469 g/mol. The van der Waals surface area contributed by atoms with E-state index in [-0.39, 0.29) is 11.4 Å². The van der Waals surface area contributed by atoms with Gasteiger partial charge in [0, 0.05) is 38.0 Å². The number of halogens is 3. The molecule has 0 spiro atoms. The number of ether oxygens (including phenoxy) is 1. The van der Waals surface area contributed by atoms with Crippen LogP contribution in [-0.4, -0.2) is 42.0 Å². The summed E-state index contributed by atoms with van der Waals surface area (Å²) in [5.41, 5.74) is 2.71. The summed E-state index contributed by atoms with van der Waals surface area (Å²) >= 11 is 0. The molecule has 0 bridgehead atoms. The van der Waals surface area contributed by atoms with Gasteiger partial charge in [0.15, 0.2) is 0 Å². The predicted octanol–water partition coefficient (Wildman–Crippen LogP) is 4.35. The van der Waals surface area contributed by atoms with Crippen molar-refractivity contribution in [2.24, 2.45) is 7.05 Å². The Hall–Kier alpha value is -3.79. The van der Waals surface area contributed by atoms with E-state index in [1.54, 1.807) is 15.8 Å². The van der Waals surface area contributed by atoms with E-state index in [2.05, 4.69) is 15.7 Å². The lowest BCUT2D eigenvalue weighted by Crippen LogP contribution is -2.37. The molecule has 3 heterocycles. The number of rotatable bonds is 3. The van der Waals surface area contributed by atoms with Gasteiger partial charge < -0.3 is 20.3 Å². The maximum atomic E-state index is 13.9. The zero-order valence-electron chi connectivity index (χ0n) is 18.3. The fraction of sp³-hybridized carbons (Fsp3) is 0.250. The minimum Gasteiger partial charge on any atom is -0.378 e. The van der Waals surface area contributed by atoms with Crippen molar-refractivity contribution in [1.29, 1.82) is 0 Å². The zero-order chi connectivity index (χ0) is 23.9. The fourth-order valence-corrected chi connectivity index (χ4v) is 4.23. The van der Waals surface area contributed by atoms with Crippen molar-refractivity contribution in [2.45, 2.75) is 6.18 Å². The van der Waals surface area contributed by atoms with E-state index in [1.807, 2.05) is 37.4 Å². The molecule has 0 radical (unpaired) electrons. The Morgan fingerprint density at radius 1 is 1.00 bits per heavy atom. The fourth-order valence-electron chi connectivity index (χ4n) is 4.23. The molecule has 1 amide bonds. The van der Waals surface area contributed by atoms with Gasteiger partial charge in [-0.2, -0.15) is 18.3 Å². The molecule has 2 aliphatic rings. The lowest BCUT2D eigenvalue weighted by atomic mass is 10.0. The van der Waals surface area contributed by atoms with Crippen molar-refractivity contribution in [2.75, 3.05) is 41.8 Å². The number of hydrogen-bond acceptors (Lipinski definition) is 5. The number of nitrogens with one attached hydrogen (secondary N) is 2. The van der Waals surface area contributed by atoms with Crippen LogP contribution in [0.15, 0.2) is 54.7 Å². The number of aromatic nitrogens is 2. The third-order valence-corrected chi connectivity index (χ3v) is 5.89. The molecular weight excluding hydrogens is 447 g/mol. The maximum Gasteiger partial charge on any atom is 0.418 e. The number of carbonyl (C=O) groups is 1. The summed E-state index contributed by atoms with van der Waals surface area (Å²) in [5.74, 6) is -0.514. The largest absolute Gasteiger partial charge is 0.418 e. The van der Waals surface area contributed by atoms with Crippen LogP contribution in [0.4, 0.5) is 30.2 Å². The summed E-state index contributed by atoms with van der Waals surface area (Å²) in [5, 5.41) is 9.95. The molecular formula is C24H22F3N5O2. The van der Waals surface area contributed by atoms with Gasteiger partial charge in [-0.3, -0.25) is 9.48 Å². The first-order chi connectivity index (χ1) is 16.3. The molecule has 0 atom stereocenters. The minimum absolute atomic E-state index is 0.0567. The molecule has 5 rings (SSSR count). The highest BCUT2D eigenvalue weighted by Gasteiger charge is 2.37. The Kier molecular flexibility index (Phi) is 5.52. The number of carbonyl (C=O) groups excluding carboxylic acids is 1. The molecule has 0 unspecified atom stereocenters. The van der Waals surface area contributed by atoms with Gasteiger partial charge in [0.1, 0.15) is 0 Å². The molecule has 34 heavy (non-hydrogen) atoms. The smallest absolute Gasteiger partial charge is 0.378 e. The van der Waals surface area contributed by atoms with Gasteiger partial charge in [-0.05, 0) is 29.8 Å². The summed E-state index contributed by atoms with van der Waals surface area (Å²) < 4.78 is 48.8. The van der Waals surface area contributed by atoms with Crippen LogP contribution >= 0.6 is 0 Å². The van der Waals surface area contributed by atoms with Gasteiger partial charge in [-0.25, -0.2) is 0 Å². The van der Waals surface area contributed by atoms with Gasteiger partial charge in [-0.1, -0.05) is 18.2 Å². The van der Waals surface area contributed by atoms with E-state index in [0.717, 1.165) is 22.9 Å². The molecule has 2 N–H and O–H groups in total. The second kappa shape index (κ2) is 8.53. The zero-order valence-corrected chi connectivity index (χ0v) is 18.3. The topological polar surface area (TPSA) is 71.4 Å². The van der Waals surface area contributed by atoms with E-state index in [9.17, 15) is 18.0 Å². The van der Waals surface area contributed by atoms with E-state index in [4.69, 9.17) is 4.74 Å². The predicted molar refractivity (Wildman–Crippen MR) is 123 cm³/mol. The quantitative estimate of drug-likeness (QED) is 0.597. The number of fused-ring (bicyclic) bond motifs is 1. The normalized spacial score (nSPS) is 16.3. The minimum atomic E-state index is -4.58. The Morgan fingerprint density at radius 3 is 2.44 bits per heavy atom. The van der Waals surface area contributed by atoms with Crippen LogP contribution in [0.3, 0.4) is 0 Å². The number of nitrogens with zero attached hydrogens (tertiary/aromatic N) is 3. The number of amides is 1. The molecule has 176 valence electrons. The second-order valence-corrected chi connectivity index (χ2v) is 8.11. The van der Waals surface area contributed by atoms with Crippen molar-refractivity contribution < 1.29 is 22.7 Å². The number of anilines is 3. The van der Waals surface area contributed by atoms with E-state index < -0.39 is 17.6 Å². The molecule has 2 aromatic carbocycles. The van der Waals surface area contributed by atoms with E-state index in [1.165, 1.54) is 12.1 Å². The van der Waals surface area contributed by atoms with E-state index >= 15 is 0 Å². The van der Waals surface area contributed by atoms with E-state index in [0.29, 0.717) is 37.7 Å². The lowest BCUT2D eigenvalue weighted by Gasteiger charge is -2.32. The standard InChI is InChI=1S/C24H22F3N5O2/c1-31-21(5-6-28-31)16-4-2-3-15(11-16)18-14-23(33)30-19-12-17(24(25,26)27)22(13-20(19)29-18)32-7-9-34-10-8-32/h2-6,11-14,29H,7-10H2,1H3,(H,30,33). The highest BCUT2D eigenvalue weighted by atomic mass is 19.4. The Balaban J connectivity index is 1.56. The number of aryl methyl sites for hydroxylation is 1. The van der Waals surface area contributed by atoms with Gasteiger partial charge in [0.25, 0.3) is 5.91 Å². The summed E-state index contributed by atoms with van der Waals surface area (Å²) in [6, 6.07) is 11.9. The van der Waals surface area contributed by atoms with Crippen LogP contribution in [0.2, 0.25) is 0 Å². The molecule has 2 aliphatic heterocycles. The first-order valence-electron chi connectivity index (χ1n) is 10.8. The van der Waals surface area contributed by atoms with Gasteiger partial charge in [0.2, 0.25) is 0 Å². The highest BCUT2D eigenvalue weighted by Crippen LogP contribution is 2.43. The highest BCUT2D eigenvalue weighted by molar-refractivity contribution is 6.10. The number of hydrogen-bond donors (Lipinski definition) is 2. The van der Waals surface area contributed by atoms with Gasteiger partial charge in [0.05, 0.1) is 47.2 Å². The van der Waals surface area contributed by atoms with Crippen LogP contribution in [0.1, 0.15) is 11.1 Å². The third-order valence-electron chi connectivity index (χ3n) is 5.89. The van der Waals surface area contributed by atoms with Crippen LogP contribution in [-0.2, 0) is 22.8 Å². The summed E-state index contributed by atoms with van der Waals surface area (Å²) in [6.07, 6.45) is -1.53. The summed E-state index contributed by atoms with van der Waals surface area (Å²) in [6.45, 7) is 1.41. The average Bonchev–Trinajstić information content (AvgIpc) is 3.17. The molecule has 0 aliphatic carbocycles. The summed E-state index contributed by atoms with van der Waals surface area (Å²) in [7, 11) is 1.83. The first-order valence-corrected chi connectivity index (χ1v) is 10.8. The number of morpholine rings is 1. The third kappa shape index (κ3) is 4.24. The number of benzene rings is 2. The summed E-state index contributed by atoms with van der Waals surface area (Å²) in [4.78, 5) is 14.3. The second-order valence-electron chi connectivity index (χ2n) is 8.11. The number of alkyl halides is 3. The van der Waals surface area contributed by atoms with Crippen LogP contribution < -0.4 is 15.5 Å². The van der Waals surface area contributed by atoms with Gasteiger partial charge >= 0.3 is 6.18 Å². The molecule has 7 nitrogen and oxygen atoms in total. The van der Waals surface area contributed by atoms with Crippen LogP contribution in [0, 0.1) is 0 Å². The monoisotopic (exact) mass is 469 g/mol. The Morgan fingerprint density at radius 2 is 1.74 bits per heavy atom. The van der Waals surface area contributed by atoms with Crippen molar-refractivity contribution in [3.05, 3.63) is 65.9 Å². The van der Waals surface area contributed by atoms with Crippen molar-refractivity contribution in [3.8, 4) is 11.3 Å². The molecule has 3 aromatic rings. The van der Waals surface area contributed by atoms with Crippen LogP contribution in [0.5, 0.6) is 0 Å². The van der Waals surface area contributed by atoms with Crippen LogP contribution in [0.25, 0.3) is 17.0 Å². The van der Waals surface area contributed by atoms with Crippen molar-refractivity contribution in [1.82, 2.24) is 9.78 Å². The Labute approximate surface area is 193 Å². The van der Waals surface area contributed by atoms with Crippen molar-refractivity contribution in [3.63, 3.8) is 0 Å². The van der Waals surface area contributed by atoms with Crippen molar-refractivity contribution >= 4 is 28.7 Å². The molecule has 0 saturated carbocycles. The molecule has 1 aromatic heterocycles. The molecule has 1 saturated heterocycles. The van der Waals surface area contributed by atoms with Gasteiger partial charge in [-0.15, -0.1) is 0 Å². The Bertz CT molecular complexity index is 1280.